The van der Waals surface area contributed by atoms with Gasteiger partial charge < -0.3 is 8.85 Å². The van der Waals surface area contributed by atoms with Crippen molar-refractivity contribution in [3.05, 3.63) is 87.2 Å². The molecule has 0 aliphatic carbocycles. The van der Waals surface area contributed by atoms with Crippen LogP contribution in [-0.4, -0.2) is 46.3 Å². The number of rotatable bonds is 20. The normalized spacial score (nSPS) is 13.0. The third-order valence-corrected chi connectivity index (χ3v) is 20.3. The highest BCUT2D eigenvalue weighted by molar-refractivity contribution is 6.74. The summed E-state index contributed by atoms with van der Waals surface area (Å²) in [6.07, 6.45) is 3.45. The van der Waals surface area contributed by atoms with Crippen LogP contribution in [0, 0.1) is 41.5 Å². The van der Waals surface area contributed by atoms with E-state index in [0.717, 1.165) is 109 Å². The minimum absolute atomic E-state index is 0.767. The number of benzene rings is 2. The number of aliphatic imine (C=N–C) groups is 2. The van der Waals surface area contributed by atoms with Crippen LogP contribution in [0.5, 0.6) is 0 Å². The van der Waals surface area contributed by atoms with E-state index in [9.17, 15) is 0 Å². The molecule has 1 aromatic heterocycles. The molecule has 0 atom stereocenters. The summed E-state index contributed by atoms with van der Waals surface area (Å²) in [5.41, 5.74) is 13.3. The van der Waals surface area contributed by atoms with Gasteiger partial charge in [0, 0.05) is 13.2 Å². The van der Waals surface area contributed by atoms with Crippen molar-refractivity contribution in [3.8, 4) is 0 Å². The minimum atomic E-state index is -1.66. The standard InChI is InChI=1S/C43H67N3O2Si2/c1-13-49(14-2,15-3)47-26-20-24-40(45-42-34(9)28-32(7)29-35(42)10)38-22-19-23-39(44-38)41(25-21-27-48-50(16-4,17-5)18-6)46-43-36(11)30-33(8)31-37(43)12/h19,22-23,28-31H,13-18,20-21,24-27H2,1-12H3. The topological polar surface area (TPSA) is 56.1 Å². The summed E-state index contributed by atoms with van der Waals surface area (Å²) < 4.78 is 13.3. The molecule has 7 heteroatoms. The Labute approximate surface area is 307 Å². The summed E-state index contributed by atoms with van der Waals surface area (Å²) in [4.78, 5) is 16.1. The Kier molecular flexibility index (Phi) is 16.5. The summed E-state index contributed by atoms with van der Waals surface area (Å²) in [7, 11) is -3.31. The molecule has 0 aliphatic heterocycles. The van der Waals surface area contributed by atoms with E-state index in [1.54, 1.807) is 0 Å². The lowest BCUT2D eigenvalue weighted by Gasteiger charge is -2.28. The second-order valence-electron chi connectivity index (χ2n) is 14.4. The highest BCUT2D eigenvalue weighted by Gasteiger charge is 2.29. The van der Waals surface area contributed by atoms with Gasteiger partial charge in [-0.2, -0.15) is 0 Å². The van der Waals surface area contributed by atoms with Gasteiger partial charge >= 0.3 is 0 Å². The first kappa shape index (κ1) is 41.7. The summed E-state index contributed by atoms with van der Waals surface area (Å²) in [5.74, 6) is 0. The molecule has 0 amide bonds. The van der Waals surface area contributed by atoms with E-state index in [2.05, 4.69) is 126 Å². The van der Waals surface area contributed by atoms with Crippen LogP contribution in [0.1, 0.15) is 112 Å². The van der Waals surface area contributed by atoms with E-state index in [1.165, 1.54) is 33.4 Å². The molecule has 3 rings (SSSR count). The zero-order valence-electron chi connectivity index (χ0n) is 33.7. The average molecular weight is 714 g/mol. The fourth-order valence-electron chi connectivity index (χ4n) is 7.38. The van der Waals surface area contributed by atoms with Crippen molar-refractivity contribution in [2.24, 2.45) is 9.98 Å². The Hall–Kier alpha value is -2.72. The van der Waals surface area contributed by atoms with Crippen LogP contribution in [0.3, 0.4) is 0 Å². The zero-order chi connectivity index (χ0) is 36.9. The van der Waals surface area contributed by atoms with Crippen LogP contribution in [0.4, 0.5) is 11.4 Å². The summed E-state index contributed by atoms with van der Waals surface area (Å²) >= 11 is 0. The van der Waals surface area contributed by atoms with E-state index in [-0.39, 0.29) is 0 Å². The largest absolute Gasteiger partial charge is 0.417 e. The van der Waals surface area contributed by atoms with Gasteiger partial charge in [-0.05, 0) is 138 Å². The van der Waals surface area contributed by atoms with Gasteiger partial charge in [-0.25, -0.2) is 4.98 Å². The highest BCUT2D eigenvalue weighted by Crippen LogP contribution is 2.29. The molecule has 0 saturated heterocycles. The first-order valence-electron chi connectivity index (χ1n) is 19.5. The average Bonchev–Trinajstić information content (AvgIpc) is 3.10. The maximum Gasteiger partial charge on any atom is 0.191 e. The van der Waals surface area contributed by atoms with Crippen molar-refractivity contribution in [2.45, 2.75) is 145 Å². The molecule has 3 aromatic rings. The molecule has 0 N–H and O–H groups in total. The van der Waals surface area contributed by atoms with Gasteiger partial charge in [0.15, 0.2) is 16.6 Å². The number of hydrogen-bond donors (Lipinski definition) is 0. The van der Waals surface area contributed by atoms with Gasteiger partial charge in [-0.3, -0.25) is 9.98 Å². The Morgan fingerprint density at radius 3 is 1.16 bits per heavy atom. The zero-order valence-corrected chi connectivity index (χ0v) is 35.7. The lowest BCUT2D eigenvalue weighted by atomic mass is 10.0. The van der Waals surface area contributed by atoms with Crippen LogP contribution in [0.2, 0.25) is 36.3 Å². The Bertz CT molecular complexity index is 1430. The van der Waals surface area contributed by atoms with Crippen LogP contribution in [-0.2, 0) is 8.85 Å². The summed E-state index contributed by atoms with van der Waals surface area (Å²) in [6, 6.07) is 22.3. The first-order valence-corrected chi connectivity index (χ1v) is 24.5. The third-order valence-electron chi connectivity index (χ3n) is 10.9. The van der Waals surface area contributed by atoms with Crippen molar-refractivity contribution in [2.75, 3.05) is 13.2 Å². The molecule has 0 radical (unpaired) electrons. The predicted octanol–water partition coefficient (Wildman–Crippen LogP) is 12.8. The molecular weight excluding hydrogens is 647 g/mol. The van der Waals surface area contributed by atoms with Crippen molar-refractivity contribution < 1.29 is 8.85 Å². The molecule has 0 fully saturated rings. The maximum atomic E-state index is 6.67. The molecule has 0 bridgehead atoms. The van der Waals surface area contributed by atoms with E-state index in [4.69, 9.17) is 23.8 Å². The number of nitrogens with zero attached hydrogens (tertiary/aromatic N) is 3. The van der Waals surface area contributed by atoms with Gasteiger partial charge in [0.2, 0.25) is 0 Å². The smallest absolute Gasteiger partial charge is 0.191 e. The van der Waals surface area contributed by atoms with Crippen LogP contribution >= 0.6 is 0 Å². The van der Waals surface area contributed by atoms with Crippen molar-refractivity contribution in [3.63, 3.8) is 0 Å². The lowest BCUT2D eigenvalue weighted by molar-refractivity contribution is 0.295. The van der Waals surface area contributed by atoms with Crippen LogP contribution in [0.25, 0.3) is 0 Å². The molecule has 0 unspecified atom stereocenters. The van der Waals surface area contributed by atoms with E-state index < -0.39 is 16.6 Å². The molecule has 0 spiro atoms. The molecule has 2 aromatic carbocycles. The van der Waals surface area contributed by atoms with Gasteiger partial charge in [0.05, 0.1) is 34.2 Å². The van der Waals surface area contributed by atoms with Crippen molar-refractivity contribution in [1.82, 2.24) is 4.98 Å². The Balaban J connectivity index is 2.06. The van der Waals surface area contributed by atoms with Gasteiger partial charge in [-0.1, -0.05) is 83.0 Å². The number of aromatic nitrogens is 1. The molecule has 50 heavy (non-hydrogen) atoms. The molecule has 0 saturated carbocycles. The van der Waals surface area contributed by atoms with Gasteiger partial charge in [0.1, 0.15) is 0 Å². The highest BCUT2D eigenvalue weighted by atomic mass is 28.4. The number of aryl methyl sites for hydroxylation is 6. The number of pyridine rings is 1. The molecule has 5 nitrogen and oxygen atoms in total. The van der Waals surface area contributed by atoms with Crippen LogP contribution < -0.4 is 0 Å². The second-order valence-corrected chi connectivity index (χ2v) is 24.0. The molecule has 274 valence electrons. The third kappa shape index (κ3) is 11.1. The second kappa shape index (κ2) is 19.8. The molecular formula is C43H67N3O2Si2. The maximum absolute atomic E-state index is 6.67. The monoisotopic (exact) mass is 713 g/mol. The summed E-state index contributed by atoms with van der Waals surface area (Å²) in [6.45, 7) is 28.3. The van der Waals surface area contributed by atoms with E-state index in [0.29, 0.717) is 0 Å². The van der Waals surface area contributed by atoms with E-state index in [1.807, 2.05) is 0 Å². The van der Waals surface area contributed by atoms with Crippen molar-refractivity contribution >= 4 is 39.4 Å². The summed E-state index contributed by atoms with van der Waals surface area (Å²) in [5, 5.41) is 0. The van der Waals surface area contributed by atoms with Gasteiger partial charge in [0.25, 0.3) is 0 Å². The first-order chi connectivity index (χ1) is 23.9. The van der Waals surface area contributed by atoms with E-state index >= 15 is 0 Å². The minimum Gasteiger partial charge on any atom is -0.417 e. The SMILES string of the molecule is CC[Si](CC)(CC)OCCCC(=Nc1c(C)cc(C)cc1C)c1cccc(C(CCCO[Si](CC)(CC)CC)=Nc2c(C)cc(C)cc2C)n1. The van der Waals surface area contributed by atoms with Crippen LogP contribution in [0.15, 0.2) is 52.4 Å². The Morgan fingerprint density at radius 2 is 0.860 bits per heavy atom. The fourth-order valence-corrected chi connectivity index (χ4v) is 12.8. The lowest BCUT2D eigenvalue weighted by Crippen LogP contribution is -2.36. The van der Waals surface area contributed by atoms with Gasteiger partial charge in [-0.15, -0.1) is 0 Å². The van der Waals surface area contributed by atoms with Crippen molar-refractivity contribution in [1.29, 1.82) is 0 Å². The molecule has 1 heterocycles. The predicted molar refractivity (Wildman–Crippen MR) is 223 cm³/mol. The quantitative estimate of drug-likeness (QED) is 0.0665. The fraction of sp³-hybridized carbons (Fsp3) is 0.558. The Morgan fingerprint density at radius 1 is 0.540 bits per heavy atom. The molecule has 0 aliphatic rings. The number of hydrogen-bond acceptors (Lipinski definition) is 5.